The third-order valence-corrected chi connectivity index (χ3v) is 7.17. The largest absolute Gasteiger partial charge is 0.416 e. The lowest BCUT2D eigenvalue weighted by atomic mass is 9.93. The normalized spacial score (nSPS) is 21.4. The van der Waals surface area contributed by atoms with Crippen LogP contribution in [0.4, 0.5) is 19.0 Å². The van der Waals surface area contributed by atoms with Gasteiger partial charge in [-0.15, -0.1) is 0 Å². The first-order valence-electron chi connectivity index (χ1n) is 13.1. The number of fused-ring (bicyclic) bond motifs is 1. The molecule has 10 heteroatoms. The van der Waals surface area contributed by atoms with Crippen LogP contribution in [0, 0.1) is 5.92 Å². The maximum atomic E-state index is 13.0. The molecule has 1 saturated heterocycles. The van der Waals surface area contributed by atoms with Crippen LogP contribution in [0.25, 0.3) is 11.3 Å². The molecule has 0 bridgehead atoms. The van der Waals surface area contributed by atoms with Crippen LogP contribution in [-0.2, 0) is 4.79 Å². The van der Waals surface area contributed by atoms with E-state index >= 15 is 0 Å². The van der Waals surface area contributed by atoms with E-state index in [4.69, 9.17) is 0 Å². The van der Waals surface area contributed by atoms with Crippen molar-refractivity contribution < 1.29 is 18.0 Å². The number of pyridine rings is 2. The van der Waals surface area contributed by atoms with E-state index in [-0.39, 0.29) is 11.9 Å². The van der Waals surface area contributed by atoms with Crippen LogP contribution in [0.2, 0.25) is 0 Å². The van der Waals surface area contributed by atoms with Gasteiger partial charge in [-0.3, -0.25) is 14.8 Å². The molecule has 0 radical (unpaired) electrons. The van der Waals surface area contributed by atoms with Gasteiger partial charge in [-0.1, -0.05) is 19.1 Å². The number of nitrogens with zero attached hydrogens (tertiary/aromatic N) is 4. The fraction of sp³-hybridized carbons (Fsp3) is 0.429. The maximum Gasteiger partial charge on any atom is 0.416 e. The van der Waals surface area contributed by atoms with Gasteiger partial charge in [0.15, 0.2) is 0 Å². The summed E-state index contributed by atoms with van der Waals surface area (Å²) in [6.45, 7) is 4.53. The van der Waals surface area contributed by atoms with Gasteiger partial charge >= 0.3 is 6.18 Å². The number of amidine groups is 1. The Balaban J connectivity index is 1.16. The molecule has 1 aliphatic carbocycles. The zero-order chi connectivity index (χ0) is 26.7. The Morgan fingerprint density at radius 3 is 2.53 bits per heavy atom. The Morgan fingerprint density at radius 1 is 1.11 bits per heavy atom. The van der Waals surface area contributed by atoms with Crippen LogP contribution in [0.1, 0.15) is 38.2 Å². The lowest BCUT2D eigenvalue weighted by molar-refractivity contribution is -0.122. The van der Waals surface area contributed by atoms with Gasteiger partial charge in [0.05, 0.1) is 23.4 Å². The van der Waals surface area contributed by atoms with E-state index in [0.717, 1.165) is 62.0 Å². The number of piperidine rings is 1. The molecule has 38 heavy (non-hydrogen) atoms. The van der Waals surface area contributed by atoms with Crippen LogP contribution in [0.5, 0.6) is 0 Å². The molecule has 1 fully saturated rings. The summed E-state index contributed by atoms with van der Waals surface area (Å²) in [5, 5.41) is 6.04. The van der Waals surface area contributed by atoms with Gasteiger partial charge in [0.25, 0.3) is 0 Å². The predicted octanol–water partition coefficient (Wildman–Crippen LogP) is 4.42. The highest BCUT2D eigenvalue weighted by Crippen LogP contribution is 2.32. The van der Waals surface area contributed by atoms with Crippen LogP contribution < -0.4 is 15.5 Å². The number of aromatic nitrogens is 2. The number of halogens is 3. The lowest BCUT2D eigenvalue weighted by Gasteiger charge is -2.32. The number of aliphatic imine (C=N–C) groups is 1. The summed E-state index contributed by atoms with van der Waals surface area (Å²) in [5.74, 6) is 1.99. The number of allylic oxidation sites excluding steroid dienone is 2. The first-order valence-corrected chi connectivity index (χ1v) is 13.1. The van der Waals surface area contributed by atoms with Crippen molar-refractivity contribution in [2.24, 2.45) is 10.9 Å². The van der Waals surface area contributed by atoms with Crippen molar-refractivity contribution in [3.8, 4) is 11.3 Å². The average Bonchev–Trinajstić information content (AvgIpc) is 3.36. The third-order valence-electron chi connectivity index (χ3n) is 7.17. The molecule has 3 aliphatic rings. The van der Waals surface area contributed by atoms with Crippen LogP contribution in [0.15, 0.2) is 65.5 Å². The molecule has 2 unspecified atom stereocenters. The molecule has 5 rings (SSSR count). The molecule has 4 heterocycles. The zero-order valence-corrected chi connectivity index (χ0v) is 21.2. The molecule has 200 valence electrons. The summed E-state index contributed by atoms with van der Waals surface area (Å²) in [6.07, 6.45) is 6.32. The first-order chi connectivity index (χ1) is 18.3. The molecule has 0 saturated carbocycles. The minimum absolute atomic E-state index is 0.143. The molecule has 2 N–H and O–H groups in total. The molecule has 2 aromatic rings. The van der Waals surface area contributed by atoms with Crippen molar-refractivity contribution in [1.82, 2.24) is 20.6 Å². The second-order valence-corrected chi connectivity index (χ2v) is 9.94. The number of hydrogen-bond donors (Lipinski definition) is 2. The molecule has 0 aromatic carbocycles. The van der Waals surface area contributed by atoms with Crippen LogP contribution >= 0.6 is 0 Å². The standard InChI is InChI=1S/C28H31F3N6O/c1-2-11-32-26(38)14-18-9-12-37(13-10-18)25-8-4-19(16-34-25)22-6-3-20(17-33-22)27-35-23-7-5-21(28(29,30)31)15-24(23)36-27/h3-8,15-18,23-24H,2,9-14H2,1H3,(H,32,38)(H,35,36). The van der Waals surface area contributed by atoms with Crippen molar-refractivity contribution in [3.63, 3.8) is 0 Å². The van der Waals surface area contributed by atoms with Crippen molar-refractivity contribution >= 4 is 17.6 Å². The molecule has 7 nitrogen and oxygen atoms in total. The summed E-state index contributed by atoms with van der Waals surface area (Å²) in [6, 6.07) is 6.81. The highest BCUT2D eigenvalue weighted by atomic mass is 19.4. The summed E-state index contributed by atoms with van der Waals surface area (Å²) in [4.78, 5) is 28.0. The van der Waals surface area contributed by atoms with E-state index in [2.05, 4.69) is 30.5 Å². The van der Waals surface area contributed by atoms with Gasteiger partial charge < -0.3 is 15.5 Å². The SMILES string of the molecule is CCCNC(=O)CC1CCN(c2ccc(-c3ccc(C4=NC5C=CC(C(F)(F)F)=CC5N4)cn3)cn2)CC1. The number of anilines is 1. The van der Waals surface area contributed by atoms with Gasteiger partial charge in [0.2, 0.25) is 5.91 Å². The Hall–Kier alpha value is -3.69. The Bertz CT molecular complexity index is 1230. The minimum atomic E-state index is -4.37. The Kier molecular flexibility index (Phi) is 7.49. The van der Waals surface area contributed by atoms with E-state index in [1.807, 2.05) is 31.2 Å². The lowest BCUT2D eigenvalue weighted by Crippen LogP contribution is -2.36. The van der Waals surface area contributed by atoms with E-state index in [0.29, 0.717) is 23.7 Å². The zero-order valence-electron chi connectivity index (χ0n) is 21.2. The number of rotatable bonds is 7. The number of alkyl halides is 3. The van der Waals surface area contributed by atoms with E-state index in [1.165, 1.54) is 12.2 Å². The molecule has 0 spiro atoms. The van der Waals surface area contributed by atoms with Crippen molar-refractivity contribution in [3.05, 3.63) is 66.0 Å². The summed E-state index contributed by atoms with van der Waals surface area (Å²) in [5.41, 5.74) is 1.68. The highest BCUT2D eigenvalue weighted by Gasteiger charge is 2.37. The molecule has 2 aromatic heterocycles. The number of hydrogen-bond acceptors (Lipinski definition) is 6. The van der Waals surface area contributed by atoms with Gasteiger partial charge in [0.1, 0.15) is 11.7 Å². The van der Waals surface area contributed by atoms with Gasteiger partial charge in [0, 0.05) is 49.6 Å². The van der Waals surface area contributed by atoms with E-state index in [1.54, 1.807) is 12.4 Å². The number of nitrogens with one attached hydrogen (secondary N) is 2. The highest BCUT2D eigenvalue weighted by molar-refractivity contribution is 6.00. The average molecular weight is 525 g/mol. The Labute approximate surface area is 220 Å². The van der Waals surface area contributed by atoms with Gasteiger partial charge in [-0.25, -0.2) is 4.98 Å². The molecule has 2 atom stereocenters. The predicted molar refractivity (Wildman–Crippen MR) is 141 cm³/mol. The van der Waals surface area contributed by atoms with Gasteiger partial charge in [-0.2, -0.15) is 13.2 Å². The van der Waals surface area contributed by atoms with Crippen LogP contribution in [-0.4, -0.2) is 59.6 Å². The Morgan fingerprint density at radius 2 is 1.87 bits per heavy atom. The molecular weight excluding hydrogens is 493 g/mol. The number of amides is 1. The van der Waals surface area contributed by atoms with E-state index in [9.17, 15) is 18.0 Å². The minimum Gasteiger partial charge on any atom is -0.361 e. The summed E-state index contributed by atoms with van der Waals surface area (Å²) >= 11 is 0. The van der Waals surface area contributed by atoms with E-state index < -0.39 is 17.8 Å². The fourth-order valence-electron chi connectivity index (χ4n) is 5.01. The second-order valence-electron chi connectivity index (χ2n) is 9.94. The van der Waals surface area contributed by atoms with Crippen molar-refractivity contribution in [2.75, 3.05) is 24.5 Å². The fourth-order valence-corrected chi connectivity index (χ4v) is 5.01. The molecule has 1 amide bonds. The van der Waals surface area contributed by atoms with Crippen LogP contribution in [0.3, 0.4) is 0 Å². The molecule has 2 aliphatic heterocycles. The topological polar surface area (TPSA) is 82.5 Å². The third kappa shape index (κ3) is 5.89. The maximum absolute atomic E-state index is 13.0. The summed E-state index contributed by atoms with van der Waals surface area (Å²) < 4.78 is 39.1. The number of carbonyl (C=O) groups excluding carboxylic acids is 1. The van der Waals surface area contributed by atoms with Crippen molar-refractivity contribution in [2.45, 2.75) is 50.9 Å². The quantitative estimate of drug-likeness (QED) is 0.561. The number of carbonyl (C=O) groups is 1. The summed E-state index contributed by atoms with van der Waals surface area (Å²) in [7, 11) is 0. The molecular formula is C28H31F3N6O. The van der Waals surface area contributed by atoms with Crippen molar-refractivity contribution in [1.29, 1.82) is 0 Å². The van der Waals surface area contributed by atoms with Gasteiger partial charge in [-0.05, 0) is 55.5 Å². The smallest absolute Gasteiger partial charge is 0.361 e. The second kappa shape index (κ2) is 11.0. The first kappa shape index (κ1) is 25.9. The monoisotopic (exact) mass is 524 g/mol.